The van der Waals surface area contributed by atoms with Crippen LogP contribution in [0.25, 0.3) is 11.1 Å². The monoisotopic (exact) mass is 450 g/mol. The molecule has 0 aliphatic rings. The highest BCUT2D eigenvalue weighted by Gasteiger charge is 2.06. The van der Waals surface area contributed by atoms with Gasteiger partial charge in [-0.3, -0.25) is 0 Å². The zero-order valence-corrected chi connectivity index (χ0v) is 19.1. The molecular formula is C28H26N4O2. The molecule has 4 N–H and O–H groups in total. The van der Waals surface area contributed by atoms with Crippen molar-refractivity contribution >= 4 is 34.8 Å². The second-order valence-electron chi connectivity index (χ2n) is 8.04. The second kappa shape index (κ2) is 10.4. The molecule has 0 saturated heterocycles. The van der Waals surface area contributed by atoms with Crippen LogP contribution in [0.4, 0.5) is 32.3 Å². The average molecular weight is 451 g/mol. The summed E-state index contributed by atoms with van der Waals surface area (Å²) in [6.07, 6.45) is 0. The van der Waals surface area contributed by atoms with E-state index in [9.17, 15) is 9.59 Å². The molecule has 4 aromatic rings. The van der Waals surface area contributed by atoms with E-state index in [1.165, 1.54) is 0 Å². The van der Waals surface area contributed by atoms with Gasteiger partial charge in [0.25, 0.3) is 0 Å². The quantitative estimate of drug-likeness (QED) is 0.258. The fourth-order valence-electron chi connectivity index (χ4n) is 3.35. The summed E-state index contributed by atoms with van der Waals surface area (Å²) >= 11 is 0. The highest BCUT2D eigenvalue weighted by molar-refractivity contribution is 6.00. The van der Waals surface area contributed by atoms with Crippen molar-refractivity contribution in [1.82, 2.24) is 0 Å². The molecular weight excluding hydrogens is 424 g/mol. The third-order valence-electron chi connectivity index (χ3n) is 5.24. The van der Waals surface area contributed by atoms with E-state index in [1.54, 1.807) is 0 Å². The Morgan fingerprint density at radius 2 is 0.647 bits per heavy atom. The molecule has 4 aromatic carbocycles. The van der Waals surface area contributed by atoms with Gasteiger partial charge < -0.3 is 21.3 Å². The molecule has 170 valence electrons. The standard InChI is InChI=1S/C28H26N4O2/c1-19-3-11-23(12-4-19)29-27(33)31-25-15-7-21(8-16-25)22-9-17-26(18-10-22)32-28(34)30-24-13-5-20(2)6-14-24/h3-18H,1-2H3,(H2,29,31,33)(H2,30,32,34). The molecule has 0 bridgehead atoms. The summed E-state index contributed by atoms with van der Waals surface area (Å²) in [7, 11) is 0. The van der Waals surface area contributed by atoms with Crippen molar-refractivity contribution in [3.8, 4) is 11.1 Å². The smallest absolute Gasteiger partial charge is 0.308 e. The summed E-state index contributed by atoms with van der Waals surface area (Å²) in [6, 6.07) is 29.8. The zero-order chi connectivity index (χ0) is 23.9. The Labute approximate surface area is 199 Å². The fraction of sp³-hybridized carbons (Fsp3) is 0.0714. The maximum Gasteiger partial charge on any atom is 0.323 e. The molecule has 6 heteroatoms. The van der Waals surface area contributed by atoms with Crippen LogP contribution in [0.2, 0.25) is 0 Å². The number of benzene rings is 4. The number of nitrogens with one attached hydrogen (secondary N) is 4. The highest BCUT2D eigenvalue weighted by Crippen LogP contribution is 2.23. The van der Waals surface area contributed by atoms with Crippen LogP contribution in [0.5, 0.6) is 0 Å². The number of amides is 4. The Morgan fingerprint density at radius 1 is 0.412 bits per heavy atom. The third-order valence-corrected chi connectivity index (χ3v) is 5.24. The lowest BCUT2D eigenvalue weighted by molar-refractivity contribution is 0.261. The van der Waals surface area contributed by atoms with Gasteiger partial charge in [0.1, 0.15) is 0 Å². The van der Waals surface area contributed by atoms with Crippen molar-refractivity contribution in [3.63, 3.8) is 0 Å². The van der Waals surface area contributed by atoms with Crippen molar-refractivity contribution in [2.45, 2.75) is 13.8 Å². The summed E-state index contributed by atoms with van der Waals surface area (Å²) in [5.74, 6) is 0. The Morgan fingerprint density at radius 3 is 0.912 bits per heavy atom. The number of aryl methyl sites for hydroxylation is 2. The van der Waals surface area contributed by atoms with Crippen LogP contribution in [0.3, 0.4) is 0 Å². The summed E-state index contributed by atoms with van der Waals surface area (Å²) in [5, 5.41) is 11.3. The van der Waals surface area contributed by atoms with Gasteiger partial charge in [0, 0.05) is 22.7 Å². The third kappa shape index (κ3) is 6.23. The Kier molecular flexibility index (Phi) is 6.89. The Bertz CT molecular complexity index is 1160. The topological polar surface area (TPSA) is 82.3 Å². The number of anilines is 4. The molecule has 0 atom stereocenters. The minimum Gasteiger partial charge on any atom is -0.308 e. The van der Waals surface area contributed by atoms with Gasteiger partial charge in [0.2, 0.25) is 0 Å². The van der Waals surface area contributed by atoms with Gasteiger partial charge >= 0.3 is 12.1 Å². The normalized spacial score (nSPS) is 10.3. The number of carbonyl (C=O) groups excluding carboxylic acids is 2. The zero-order valence-electron chi connectivity index (χ0n) is 19.1. The van der Waals surface area contributed by atoms with Crippen molar-refractivity contribution < 1.29 is 9.59 Å². The molecule has 4 rings (SSSR count). The van der Waals surface area contributed by atoms with Gasteiger partial charge in [-0.1, -0.05) is 59.7 Å². The summed E-state index contributed by atoms with van der Waals surface area (Å²) in [5.41, 5.74) is 7.13. The first-order valence-electron chi connectivity index (χ1n) is 10.9. The first-order chi connectivity index (χ1) is 16.4. The van der Waals surface area contributed by atoms with Crippen molar-refractivity contribution in [2.24, 2.45) is 0 Å². The molecule has 0 heterocycles. The van der Waals surface area contributed by atoms with Crippen LogP contribution in [-0.4, -0.2) is 12.1 Å². The molecule has 0 aliphatic heterocycles. The van der Waals surface area contributed by atoms with Crippen LogP contribution < -0.4 is 21.3 Å². The van der Waals surface area contributed by atoms with Crippen molar-refractivity contribution in [3.05, 3.63) is 108 Å². The molecule has 4 amide bonds. The first kappa shape index (κ1) is 22.6. The molecule has 0 aromatic heterocycles. The van der Waals surface area contributed by atoms with E-state index >= 15 is 0 Å². The number of rotatable bonds is 5. The van der Waals surface area contributed by atoms with Gasteiger partial charge in [0.05, 0.1) is 0 Å². The highest BCUT2D eigenvalue weighted by atomic mass is 16.2. The average Bonchev–Trinajstić information content (AvgIpc) is 2.83. The maximum atomic E-state index is 12.2. The van der Waals surface area contributed by atoms with E-state index in [0.717, 1.165) is 33.6 Å². The number of hydrogen-bond acceptors (Lipinski definition) is 2. The van der Waals surface area contributed by atoms with E-state index < -0.39 is 0 Å². The lowest BCUT2D eigenvalue weighted by Crippen LogP contribution is -2.19. The molecule has 0 saturated carbocycles. The van der Waals surface area contributed by atoms with Gasteiger partial charge in [-0.25, -0.2) is 9.59 Å². The van der Waals surface area contributed by atoms with E-state index in [-0.39, 0.29) is 12.1 Å². The molecule has 0 fully saturated rings. The van der Waals surface area contributed by atoms with Crippen LogP contribution in [0.15, 0.2) is 97.1 Å². The Balaban J connectivity index is 1.31. The molecule has 0 aliphatic carbocycles. The van der Waals surface area contributed by atoms with Gasteiger partial charge in [-0.2, -0.15) is 0 Å². The molecule has 6 nitrogen and oxygen atoms in total. The number of hydrogen-bond donors (Lipinski definition) is 4. The SMILES string of the molecule is Cc1ccc(NC(=O)Nc2ccc(-c3ccc(NC(=O)Nc4ccc(C)cc4)cc3)cc2)cc1. The van der Waals surface area contributed by atoms with Crippen molar-refractivity contribution in [2.75, 3.05) is 21.3 Å². The molecule has 0 unspecified atom stereocenters. The van der Waals surface area contributed by atoms with Gasteiger partial charge in [-0.05, 0) is 73.5 Å². The molecule has 34 heavy (non-hydrogen) atoms. The summed E-state index contributed by atoms with van der Waals surface area (Å²) < 4.78 is 0. The van der Waals surface area contributed by atoms with E-state index in [0.29, 0.717) is 11.4 Å². The first-order valence-corrected chi connectivity index (χ1v) is 10.9. The summed E-state index contributed by atoms with van der Waals surface area (Å²) in [4.78, 5) is 24.4. The Hall–Kier alpha value is -4.58. The lowest BCUT2D eigenvalue weighted by Gasteiger charge is -2.10. The van der Waals surface area contributed by atoms with E-state index in [4.69, 9.17) is 0 Å². The van der Waals surface area contributed by atoms with Gasteiger partial charge in [-0.15, -0.1) is 0 Å². The molecule has 0 spiro atoms. The van der Waals surface area contributed by atoms with Crippen LogP contribution in [0, 0.1) is 13.8 Å². The second-order valence-corrected chi connectivity index (χ2v) is 8.04. The number of urea groups is 2. The van der Waals surface area contributed by atoms with E-state index in [1.807, 2.05) is 111 Å². The number of carbonyl (C=O) groups is 2. The lowest BCUT2D eigenvalue weighted by atomic mass is 10.1. The van der Waals surface area contributed by atoms with Crippen LogP contribution >= 0.6 is 0 Å². The van der Waals surface area contributed by atoms with E-state index in [2.05, 4.69) is 21.3 Å². The molecule has 0 radical (unpaired) electrons. The van der Waals surface area contributed by atoms with Gasteiger partial charge in [0.15, 0.2) is 0 Å². The van der Waals surface area contributed by atoms with Crippen LogP contribution in [0.1, 0.15) is 11.1 Å². The predicted octanol–water partition coefficient (Wildman–Crippen LogP) is 7.26. The summed E-state index contributed by atoms with van der Waals surface area (Å²) in [6.45, 7) is 4.00. The van der Waals surface area contributed by atoms with Crippen LogP contribution in [-0.2, 0) is 0 Å². The predicted molar refractivity (Wildman–Crippen MR) is 140 cm³/mol. The minimum absolute atomic E-state index is 0.295. The van der Waals surface area contributed by atoms with Crippen molar-refractivity contribution in [1.29, 1.82) is 0 Å². The largest absolute Gasteiger partial charge is 0.323 e. The minimum atomic E-state index is -0.295. The fourth-order valence-corrected chi connectivity index (χ4v) is 3.35. The maximum absolute atomic E-state index is 12.2.